The van der Waals surface area contributed by atoms with Gasteiger partial charge in [-0.2, -0.15) is 0 Å². The first-order valence-corrected chi connectivity index (χ1v) is 6.86. The minimum absolute atomic E-state index is 0. The van der Waals surface area contributed by atoms with Gasteiger partial charge in [-0.05, 0) is 47.4 Å². The molecule has 0 aliphatic carbocycles. The molecule has 106 valence electrons. The molecule has 0 saturated carbocycles. The molecule has 1 atom stereocenters. The summed E-state index contributed by atoms with van der Waals surface area (Å²) in [5.74, 6) is 0.627. The second-order valence-electron chi connectivity index (χ2n) is 4.74. The van der Waals surface area contributed by atoms with Crippen LogP contribution in [0.15, 0.2) is 22.8 Å². The first-order valence-electron chi connectivity index (χ1n) is 6.07. The van der Waals surface area contributed by atoms with Crippen molar-refractivity contribution in [1.29, 1.82) is 0 Å². The second kappa shape index (κ2) is 6.93. The SMILES string of the molecule is Cl.Cl.Cn1c(C2CCCNC2)cc2cc(Br)cnc21. The Morgan fingerprint density at radius 1 is 1.37 bits per heavy atom. The summed E-state index contributed by atoms with van der Waals surface area (Å²) in [4.78, 5) is 4.49. The molecule has 0 amide bonds. The Hall–Kier alpha value is -0.290. The summed E-state index contributed by atoms with van der Waals surface area (Å²) in [6.07, 6.45) is 4.41. The summed E-state index contributed by atoms with van der Waals surface area (Å²) >= 11 is 3.48. The third kappa shape index (κ3) is 3.24. The molecule has 0 spiro atoms. The topological polar surface area (TPSA) is 29.9 Å². The smallest absolute Gasteiger partial charge is 0.139 e. The lowest BCUT2D eigenvalue weighted by Crippen LogP contribution is -2.29. The molecule has 1 saturated heterocycles. The number of nitrogens with zero attached hydrogens (tertiary/aromatic N) is 2. The number of piperidine rings is 1. The fourth-order valence-corrected chi connectivity index (χ4v) is 3.06. The summed E-state index contributed by atoms with van der Waals surface area (Å²) in [7, 11) is 2.12. The lowest BCUT2D eigenvalue weighted by atomic mass is 9.96. The Morgan fingerprint density at radius 3 is 2.84 bits per heavy atom. The van der Waals surface area contributed by atoms with E-state index >= 15 is 0 Å². The molecule has 3 nitrogen and oxygen atoms in total. The van der Waals surface area contributed by atoms with Crippen LogP contribution in [0, 0.1) is 0 Å². The van der Waals surface area contributed by atoms with Crippen molar-refractivity contribution in [3.05, 3.63) is 28.5 Å². The number of nitrogens with one attached hydrogen (secondary N) is 1. The van der Waals surface area contributed by atoms with Crippen molar-refractivity contribution >= 4 is 51.8 Å². The number of rotatable bonds is 1. The van der Waals surface area contributed by atoms with Crippen molar-refractivity contribution in [2.75, 3.05) is 13.1 Å². The summed E-state index contributed by atoms with van der Waals surface area (Å²) in [5, 5.41) is 4.70. The van der Waals surface area contributed by atoms with Gasteiger partial charge in [0.1, 0.15) is 5.65 Å². The lowest BCUT2D eigenvalue weighted by Gasteiger charge is -2.23. The first-order chi connectivity index (χ1) is 8.25. The number of aromatic nitrogens is 2. The van der Waals surface area contributed by atoms with Crippen LogP contribution in [0.25, 0.3) is 11.0 Å². The van der Waals surface area contributed by atoms with Gasteiger partial charge in [0.15, 0.2) is 0 Å². The second-order valence-corrected chi connectivity index (χ2v) is 5.65. The van der Waals surface area contributed by atoms with Crippen molar-refractivity contribution in [3.8, 4) is 0 Å². The van der Waals surface area contributed by atoms with Crippen molar-refractivity contribution in [3.63, 3.8) is 0 Å². The van der Waals surface area contributed by atoms with E-state index in [-0.39, 0.29) is 24.8 Å². The van der Waals surface area contributed by atoms with Crippen LogP contribution in [0.1, 0.15) is 24.5 Å². The van der Waals surface area contributed by atoms with Crippen LogP contribution >= 0.6 is 40.7 Å². The van der Waals surface area contributed by atoms with E-state index < -0.39 is 0 Å². The predicted octanol–water partition coefficient (Wildman–Crippen LogP) is 3.65. The maximum absolute atomic E-state index is 4.49. The van der Waals surface area contributed by atoms with Crippen molar-refractivity contribution in [2.45, 2.75) is 18.8 Å². The zero-order chi connectivity index (χ0) is 11.8. The summed E-state index contributed by atoms with van der Waals surface area (Å²) < 4.78 is 3.28. The summed E-state index contributed by atoms with van der Waals surface area (Å²) in [5.41, 5.74) is 2.48. The van der Waals surface area contributed by atoms with E-state index in [2.05, 4.69) is 50.0 Å². The average molecular weight is 367 g/mol. The van der Waals surface area contributed by atoms with Crippen LogP contribution in [0.5, 0.6) is 0 Å². The largest absolute Gasteiger partial charge is 0.332 e. The molecule has 0 radical (unpaired) electrons. The van der Waals surface area contributed by atoms with E-state index in [1.54, 1.807) is 0 Å². The van der Waals surface area contributed by atoms with Crippen LogP contribution in [0.3, 0.4) is 0 Å². The normalized spacial score (nSPS) is 18.7. The van der Waals surface area contributed by atoms with Gasteiger partial charge in [0.2, 0.25) is 0 Å². The summed E-state index contributed by atoms with van der Waals surface area (Å²) in [6, 6.07) is 4.42. The first kappa shape index (κ1) is 16.8. The Balaban J connectivity index is 0.000000902. The summed E-state index contributed by atoms with van der Waals surface area (Å²) in [6.45, 7) is 2.25. The van der Waals surface area contributed by atoms with Crippen molar-refractivity contribution in [1.82, 2.24) is 14.9 Å². The van der Waals surface area contributed by atoms with E-state index in [9.17, 15) is 0 Å². The predicted molar refractivity (Wildman–Crippen MR) is 87.8 cm³/mol. The molecule has 6 heteroatoms. The standard InChI is InChI=1S/C13H16BrN3.2ClH/c1-17-12(9-3-2-4-15-7-9)6-10-5-11(14)8-16-13(10)17;;/h5-6,8-9,15H,2-4,7H2,1H3;2*1H. The molecule has 3 rings (SSSR count). The van der Waals surface area contributed by atoms with E-state index in [1.165, 1.54) is 23.9 Å². The fraction of sp³-hybridized carbons (Fsp3) is 0.462. The molecule has 2 aromatic heterocycles. The zero-order valence-electron chi connectivity index (χ0n) is 10.7. The lowest BCUT2D eigenvalue weighted by molar-refractivity contribution is 0.448. The van der Waals surface area contributed by atoms with E-state index in [1.807, 2.05) is 6.20 Å². The minimum Gasteiger partial charge on any atom is -0.332 e. The molecule has 1 fully saturated rings. The van der Waals surface area contributed by atoms with Gasteiger partial charge in [-0.25, -0.2) is 4.98 Å². The molecule has 0 bridgehead atoms. The van der Waals surface area contributed by atoms with Crippen LogP contribution < -0.4 is 5.32 Å². The highest BCUT2D eigenvalue weighted by Gasteiger charge is 2.19. The van der Waals surface area contributed by atoms with Crippen LogP contribution in [0.4, 0.5) is 0 Å². The van der Waals surface area contributed by atoms with Crippen LogP contribution in [0.2, 0.25) is 0 Å². The van der Waals surface area contributed by atoms with Gasteiger partial charge in [-0.3, -0.25) is 0 Å². The molecule has 2 aromatic rings. The Bertz CT molecular complexity index is 550. The average Bonchev–Trinajstić information content (AvgIpc) is 2.67. The number of aryl methyl sites for hydroxylation is 1. The maximum atomic E-state index is 4.49. The minimum atomic E-state index is 0. The number of fused-ring (bicyclic) bond motifs is 1. The zero-order valence-corrected chi connectivity index (χ0v) is 13.9. The number of halogens is 3. The highest BCUT2D eigenvalue weighted by atomic mass is 79.9. The molecule has 1 aliphatic rings. The van der Waals surface area contributed by atoms with Gasteiger partial charge in [-0.15, -0.1) is 24.8 Å². The molecule has 19 heavy (non-hydrogen) atoms. The molecular weight excluding hydrogens is 349 g/mol. The number of pyridine rings is 1. The van der Waals surface area contributed by atoms with Crippen LogP contribution in [-0.2, 0) is 7.05 Å². The third-order valence-electron chi connectivity index (χ3n) is 3.59. The third-order valence-corrected chi connectivity index (χ3v) is 4.02. The number of hydrogen-bond acceptors (Lipinski definition) is 2. The number of hydrogen-bond donors (Lipinski definition) is 1. The fourth-order valence-electron chi connectivity index (χ4n) is 2.71. The highest BCUT2D eigenvalue weighted by Crippen LogP contribution is 2.28. The Kier molecular flexibility index (Phi) is 6.12. The van der Waals surface area contributed by atoms with Gasteiger partial charge in [0.05, 0.1) is 0 Å². The Labute approximate surface area is 134 Å². The molecule has 1 N–H and O–H groups in total. The van der Waals surface area contributed by atoms with E-state index in [0.29, 0.717) is 5.92 Å². The van der Waals surface area contributed by atoms with E-state index in [0.717, 1.165) is 23.2 Å². The Morgan fingerprint density at radius 2 is 2.16 bits per heavy atom. The highest BCUT2D eigenvalue weighted by molar-refractivity contribution is 9.10. The molecular formula is C13H18BrCl2N3. The van der Waals surface area contributed by atoms with Crippen molar-refractivity contribution in [2.24, 2.45) is 7.05 Å². The quantitative estimate of drug-likeness (QED) is 0.834. The molecule has 1 unspecified atom stereocenters. The van der Waals surface area contributed by atoms with Gasteiger partial charge in [0, 0.05) is 41.3 Å². The molecule has 1 aliphatic heterocycles. The van der Waals surface area contributed by atoms with Crippen molar-refractivity contribution < 1.29 is 0 Å². The molecule has 3 heterocycles. The van der Waals surface area contributed by atoms with E-state index in [4.69, 9.17) is 0 Å². The molecule has 0 aromatic carbocycles. The van der Waals surface area contributed by atoms with Crippen LogP contribution in [-0.4, -0.2) is 22.6 Å². The van der Waals surface area contributed by atoms with Gasteiger partial charge >= 0.3 is 0 Å². The van der Waals surface area contributed by atoms with Gasteiger partial charge < -0.3 is 9.88 Å². The van der Waals surface area contributed by atoms with Gasteiger partial charge in [-0.1, -0.05) is 0 Å². The maximum Gasteiger partial charge on any atom is 0.139 e. The van der Waals surface area contributed by atoms with Gasteiger partial charge in [0.25, 0.3) is 0 Å². The monoisotopic (exact) mass is 365 g/mol.